The van der Waals surface area contributed by atoms with Crippen LogP contribution in [0.15, 0.2) is 18.5 Å². The number of rotatable bonds is 4. The molecule has 0 unspecified atom stereocenters. The Bertz CT molecular complexity index is 848. The van der Waals surface area contributed by atoms with E-state index in [1.807, 2.05) is 24.3 Å². The zero-order valence-corrected chi connectivity index (χ0v) is 16.6. The SMILES string of the molecule is Cn1cc(CN(C(=O)c2cc3c(s2)C2(CCNCC2)OCC3)C2CC2)cn1. The second-order valence-electron chi connectivity index (χ2n) is 7.99. The lowest BCUT2D eigenvalue weighted by atomic mass is 9.86. The molecule has 1 amide bonds. The number of aromatic nitrogens is 2. The first kappa shape index (κ1) is 17.4. The van der Waals surface area contributed by atoms with Crippen LogP contribution in [0.1, 0.15) is 51.4 Å². The molecule has 144 valence electrons. The van der Waals surface area contributed by atoms with Gasteiger partial charge >= 0.3 is 0 Å². The van der Waals surface area contributed by atoms with Gasteiger partial charge in [0.2, 0.25) is 0 Å². The van der Waals surface area contributed by atoms with E-state index < -0.39 is 0 Å². The van der Waals surface area contributed by atoms with Crippen LogP contribution in [0.5, 0.6) is 0 Å². The summed E-state index contributed by atoms with van der Waals surface area (Å²) in [6.45, 7) is 3.37. The van der Waals surface area contributed by atoms with Gasteiger partial charge in [-0.1, -0.05) is 0 Å². The average Bonchev–Trinajstić information content (AvgIpc) is 3.28. The van der Waals surface area contributed by atoms with Gasteiger partial charge in [-0.3, -0.25) is 9.48 Å². The van der Waals surface area contributed by atoms with E-state index in [1.54, 1.807) is 16.0 Å². The van der Waals surface area contributed by atoms with E-state index >= 15 is 0 Å². The number of fused-ring (bicyclic) bond motifs is 2. The number of carbonyl (C=O) groups is 1. The van der Waals surface area contributed by atoms with Gasteiger partial charge in [-0.2, -0.15) is 5.10 Å². The molecule has 7 heteroatoms. The van der Waals surface area contributed by atoms with E-state index in [1.165, 1.54) is 10.4 Å². The Morgan fingerprint density at radius 3 is 2.96 bits per heavy atom. The van der Waals surface area contributed by atoms with Crippen molar-refractivity contribution in [2.24, 2.45) is 7.05 Å². The summed E-state index contributed by atoms with van der Waals surface area (Å²) < 4.78 is 8.08. The van der Waals surface area contributed by atoms with Crippen LogP contribution < -0.4 is 5.32 Å². The summed E-state index contributed by atoms with van der Waals surface area (Å²) in [5.41, 5.74) is 2.25. The van der Waals surface area contributed by atoms with Gasteiger partial charge in [0.25, 0.3) is 5.91 Å². The number of nitrogens with one attached hydrogen (secondary N) is 1. The number of thiophene rings is 1. The Morgan fingerprint density at radius 2 is 2.26 bits per heavy atom. The van der Waals surface area contributed by atoms with Crippen molar-refractivity contribution in [1.82, 2.24) is 20.0 Å². The van der Waals surface area contributed by atoms with Crippen molar-refractivity contribution in [3.63, 3.8) is 0 Å². The normalized spacial score (nSPS) is 21.2. The molecule has 0 bridgehead atoms. The Hall–Kier alpha value is -1.70. The summed E-state index contributed by atoms with van der Waals surface area (Å²) in [6.07, 6.45) is 8.98. The topological polar surface area (TPSA) is 59.4 Å². The predicted molar refractivity (Wildman–Crippen MR) is 104 cm³/mol. The standard InChI is InChI=1S/C20H26N4O2S/c1-23-12-14(11-22-23)13-24(16-2-3-16)19(25)17-10-15-4-9-26-20(18(15)27-17)5-7-21-8-6-20/h10-12,16,21H,2-9,13H2,1H3. The third-order valence-electron chi connectivity index (χ3n) is 5.95. The van der Waals surface area contributed by atoms with Gasteiger partial charge in [0.1, 0.15) is 5.60 Å². The summed E-state index contributed by atoms with van der Waals surface area (Å²) in [6, 6.07) is 2.52. The number of hydrogen-bond acceptors (Lipinski definition) is 5. The largest absolute Gasteiger partial charge is 0.369 e. The van der Waals surface area contributed by atoms with Gasteiger partial charge in [-0.25, -0.2) is 0 Å². The average molecular weight is 387 g/mol. The van der Waals surface area contributed by atoms with Crippen LogP contribution in [0.25, 0.3) is 0 Å². The summed E-state index contributed by atoms with van der Waals surface area (Å²) in [4.78, 5) is 17.6. The van der Waals surface area contributed by atoms with Gasteiger partial charge in [-0.05, 0) is 56.8 Å². The molecule has 2 aromatic heterocycles. The van der Waals surface area contributed by atoms with Crippen molar-refractivity contribution in [2.45, 2.75) is 50.3 Å². The Kier molecular flexibility index (Phi) is 4.33. The third kappa shape index (κ3) is 3.22. The maximum absolute atomic E-state index is 13.4. The van der Waals surface area contributed by atoms with Crippen molar-refractivity contribution in [3.05, 3.63) is 39.3 Å². The first-order valence-corrected chi connectivity index (χ1v) is 10.7. The predicted octanol–water partition coefficient (Wildman–Crippen LogP) is 2.44. The molecule has 3 aliphatic rings. The number of nitrogens with zero attached hydrogens (tertiary/aromatic N) is 3. The van der Waals surface area contributed by atoms with E-state index in [4.69, 9.17) is 4.74 Å². The molecule has 5 rings (SSSR count). The van der Waals surface area contributed by atoms with E-state index in [-0.39, 0.29) is 11.5 Å². The molecular formula is C20H26N4O2S. The Balaban J connectivity index is 1.43. The Morgan fingerprint density at radius 1 is 1.44 bits per heavy atom. The molecule has 0 atom stereocenters. The fraction of sp³-hybridized carbons (Fsp3) is 0.600. The van der Waals surface area contributed by atoms with Crippen molar-refractivity contribution in [3.8, 4) is 0 Å². The molecule has 1 aliphatic carbocycles. The van der Waals surface area contributed by atoms with E-state index in [2.05, 4.69) is 16.5 Å². The lowest BCUT2D eigenvalue weighted by molar-refractivity contribution is -0.0771. The minimum absolute atomic E-state index is 0.171. The molecule has 2 aromatic rings. The van der Waals surface area contributed by atoms with Gasteiger partial charge in [0, 0.05) is 36.3 Å². The number of aryl methyl sites for hydroxylation is 1. The zero-order valence-electron chi connectivity index (χ0n) is 15.7. The van der Waals surface area contributed by atoms with Crippen LogP contribution in [-0.4, -0.2) is 46.3 Å². The number of ether oxygens (including phenoxy) is 1. The molecule has 1 saturated heterocycles. The number of amides is 1. The quantitative estimate of drug-likeness (QED) is 0.877. The maximum atomic E-state index is 13.4. The first-order valence-electron chi connectivity index (χ1n) is 9.91. The van der Waals surface area contributed by atoms with Gasteiger partial charge in [-0.15, -0.1) is 11.3 Å². The van der Waals surface area contributed by atoms with Crippen molar-refractivity contribution >= 4 is 17.2 Å². The highest BCUT2D eigenvalue weighted by Gasteiger charge is 2.42. The van der Waals surface area contributed by atoms with E-state index in [0.29, 0.717) is 12.6 Å². The highest BCUT2D eigenvalue weighted by Crippen LogP contribution is 2.45. The van der Waals surface area contributed by atoms with Crippen LogP contribution >= 0.6 is 11.3 Å². The first-order chi connectivity index (χ1) is 13.1. The minimum Gasteiger partial charge on any atom is -0.369 e. The van der Waals surface area contributed by atoms with Gasteiger partial charge < -0.3 is 15.0 Å². The maximum Gasteiger partial charge on any atom is 0.264 e. The molecule has 2 fully saturated rings. The highest BCUT2D eigenvalue weighted by molar-refractivity contribution is 7.14. The second-order valence-corrected chi connectivity index (χ2v) is 9.05. The zero-order chi connectivity index (χ0) is 18.4. The van der Waals surface area contributed by atoms with Crippen LogP contribution in [-0.2, 0) is 30.4 Å². The number of piperidine rings is 1. The van der Waals surface area contributed by atoms with Crippen molar-refractivity contribution in [1.29, 1.82) is 0 Å². The van der Waals surface area contributed by atoms with Gasteiger partial charge in [0.15, 0.2) is 0 Å². The van der Waals surface area contributed by atoms with Gasteiger partial charge in [0.05, 0.1) is 17.7 Å². The molecule has 1 spiro atoms. The highest BCUT2D eigenvalue weighted by atomic mass is 32.1. The van der Waals surface area contributed by atoms with Crippen LogP contribution in [0, 0.1) is 0 Å². The summed E-state index contributed by atoms with van der Waals surface area (Å²) in [5.74, 6) is 0.171. The smallest absolute Gasteiger partial charge is 0.264 e. The molecule has 2 aliphatic heterocycles. The van der Waals surface area contributed by atoms with Crippen LogP contribution in [0.3, 0.4) is 0 Å². The molecule has 1 N–H and O–H groups in total. The van der Waals surface area contributed by atoms with E-state index in [9.17, 15) is 4.79 Å². The fourth-order valence-electron chi connectivity index (χ4n) is 4.37. The molecule has 0 radical (unpaired) electrons. The van der Waals surface area contributed by atoms with E-state index in [0.717, 1.165) is 62.2 Å². The van der Waals surface area contributed by atoms with Crippen LogP contribution in [0.2, 0.25) is 0 Å². The van der Waals surface area contributed by atoms with Crippen molar-refractivity contribution in [2.75, 3.05) is 19.7 Å². The monoisotopic (exact) mass is 386 g/mol. The second kappa shape index (κ2) is 6.72. The summed E-state index contributed by atoms with van der Waals surface area (Å²) in [7, 11) is 1.92. The fourth-order valence-corrected chi connectivity index (χ4v) is 5.74. The molecular weight excluding hydrogens is 360 g/mol. The number of hydrogen-bond donors (Lipinski definition) is 1. The van der Waals surface area contributed by atoms with Crippen LogP contribution in [0.4, 0.5) is 0 Å². The molecule has 4 heterocycles. The summed E-state index contributed by atoms with van der Waals surface area (Å²) in [5, 5.41) is 7.68. The molecule has 1 saturated carbocycles. The Labute approximate surface area is 163 Å². The summed E-state index contributed by atoms with van der Waals surface area (Å²) >= 11 is 1.67. The lowest BCUT2D eigenvalue weighted by Crippen LogP contribution is -2.43. The minimum atomic E-state index is -0.171. The molecule has 27 heavy (non-hydrogen) atoms. The van der Waals surface area contributed by atoms with Crippen molar-refractivity contribution < 1.29 is 9.53 Å². The lowest BCUT2D eigenvalue weighted by Gasteiger charge is -2.40. The molecule has 0 aromatic carbocycles. The number of carbonyl (C=O) groups excluding carboxylic acids is 1. The third-order valence-corrected chi connectivity index (χ3v) is 7.31. The molecule has 6 nitrogen and oxygen atoms in total.